The van der Waals surface area contributed by atoms with Crippen LogP contribution in [0, 0.1) is 0 Å². The zero-order valence-corrected chi connectivity index (χ0v) is 17.3. The Balaban J connectivity index is 1.75. The minimum absolute atomic E-state index is 0.0911. The number of amides is 1. The second kappa shape index (κ2) is 8.41. The van der Waals surface area contributed by atoms with Crippen LogP contribution in [0.1, 0.15) is 47.2 Å². The molecule has 28 heavy (non-hydrogen) atoms. The van der Waals surface area contributed by atoms with Crippen molar-refractivity contribution in [2.24, 2.45) is 7.05 Å². The Kier molecular flexibility index (Phi) is 6.16. The first-order valence-corrected chi connectivity index (χ1v) is 11.3. The number of thiazole rings is 1. The number of aryl methyl sites for hydroxylation is 1. The summed E-state index contributed by atoms with van der Waals surface area (Å²) in [6.45, 7) is 2.91. The number of aromatic nitrogens is 2. The molecule has 11 heteroatoms. The largest absolute Gasteiger partial charge is 0.461 e. The van der Waals surface area contributed by atoms with E-state index in [1.807, 2.05) is 0 Å². The molecule has 0 saturated carbocycles. The molecule has 1 aliphatic rings. The average Bonchev–Trinajstić information content (AvgIpc) is 3.30. The molecular weight excluding hydrogens is 404 g/mol. The SMILES string of the molecule is CCOC(=O)c1csc(NC(=O)c2cc(S(=O)(=O)N3CCCCC3)cn2C)n1. The van der Waals surface area contributed by atoms with E-state index in [1.54, 1.807) is 14.0 Å². The molecule has 1 fully saturated rings. The van der Waals surface area contributed by atoms with Crippen LogP contribution in [-0.2, 0) is 21.8 Å². The summed E-state index contributed by atoms with van der Waals surface area (Å²) < 4.78 is 33.4. The Hall–Kier alpha value is -2.24. The van der Waals surface area contributed by atoms with Gasteiger partial charge in [-0.1, -0.05) is 6.42 Å². The summed E-state index contributed by atoms with van der Waals surface area (Å²) in [6.07, 6.45) is 4.14. The molecule has 0 unspecified atom stereocenters. The zero-order chi connectivity index (χ0) is 20.3. The van der Waals surface area contributed by atoms with Crippen molar-refractivity contribution in [2.75, 3.05) is 25.0 Å². The molecule has 0 aliphatic carbocycles. The third kappa shape index (κ3) is 4.26. The van der Waals surface area contributed by atoms with Crippen molar-refractivity contribution >= 4 is 38.4 Å². The monoisotopic (exact) mass is 426 g/mol. The molecule has 3 rings (SSSR count). The zero-order valence-electron chi connectivity index (χ0n) is 15.7. The topological polar surface area (TPSA) is 111 Å². The van der Waals surface area contributed by atoms with Crippen molar-refractivity contribution in [3.8, 4) is 0 Å². The minimum Gasteiger partial charge on any atom is -0.461 e. The van der Waals surface area contributed by atoms with E-state index >= 15 is 0 Å². The Morgan fingerprint density at radius 2 is 2.00 bits per heavy atom. The smallest absolute Gasteiger partial charge is 0.357 e. The number of esters is 1. The summed E-state index contributed by atoms with van der Waals surface area (Å²) in [6, 6.07) is 1.36. The second-order valence-electron chi connectivity index (χ2n) is 6.35. The number of rotatable bonds is 6. The van der Waals surface area contributed by atoms with Crippen LogP contribution in [0.2, 0.25) is 0 Å². The van der Waals surface area contributed by atoms with Gasteiger partial charge in [-0.15, -0.1) is 11.3 Å². The maximum absolute atomic E-state index is 12.8. The normalized spacial score (nSPS) is 15.4. The van der Waals surface area contributed by atoms with Gasteiger partial charge in [-0.3, -0.25) is 10.1 Å². The van der Waals surface area contributed by atoms with Crippen molar-refractivity contribution in [1.29, 1.82) is 0 Å². The Bertz CT molecular complexity index is 974. The van der Waals surface area contributed by atoms with Crippen LogP contribution in [-0.4, -0.2) is 53.8 Å². The van der Waals surface area contributed by atoms with Crippen LogP contribution in [0.5, 0.6) is 0 Å². The van der Waals surface area contributed by atoms with E-state index in [1.165, 1.54) is 26.5 Å². The van der Waals surface area contributed by atoms with Gasteiger partial charge in [0.1, 0.15) is 10.6 Å². The fourth-order valence-corrected chi connectivity index (χ4v) is 5.21. The summed E-state index contributed by atoms with van der Waals surface area (Å²) in [7, 11) is -2.02. The highest BCUT2D eigenvalue weighted by Gasteiger charge is 2.28. The molecule has 1 N–H and O–H groups in total. The van der Waals surface area contributed by atoms with Crippen LogP contribution < -0.4 is 5.32 Å². The first-order chi connectivity index (χ1) is 13.3. The molecule has 1 saturated heterocycles. The van der Waals surface area contributed by atoms with Gasteiger partial charge in [-0.25, -0.2) is 18.2 Å². The number of piperidine rings is 1. The van der Waals surface area contributed by atoms with Crippen molar-refractivity contribution in [3.63, 3.8) is 0 Å². The molecule has 2 aromatic rings. The van der Waals surface area contributed by atoms with E-state index in [0.717, 1.165) is 30.6 Å². The quantitative estimate of drug-likeness (QED) is 0.708. The fraction of sp³-hybridized carbons (Fsp3) is 0.471. The van der Waals surface area contributed by atoms with Crippen molar-refractivity contribution in [3.05, 3.63) is 29.0 Å². The number of carbonyl (C=O) groups is 2. The highest BCUT2D eigenvalue weighted by Crippen LogP contribution is 2.23. The summed E-state index contributed by atoms with van der Waals surface area (Å²) in [5.74, 6) is -1.07. The lowest BCUT2D eigenvalue weighted by atomic mass is 10.2. The standard InChI is InChI=1S/C17H22N4O5S2/c1-3-26-16(23)13-11-27-17(18-13)19-15(22)14-9-12(10-20(14)2)28(24,25)21-7-5-4-6-8-21/h9-11H,3-8H2,1-2H3,(H,18,19,22). The third-order valence-electron chi connectivity index (χ3n) is 4.37. The van der Waals surface area contributed by atoms with Gasteiger partial charge in [0.25, 0.3) is 5.91 Å². The third-order valence-corrected chi connectivity index (χ3v) is 7.00. The molecule has 152 valence electrons. The van der Waals surface area contributed by atoms with Gasteiger partial charge in [0, 0.05) is 31.7 Å². The lowest BCUT2D eigenvalue weighted by Crippen LogP contribution is -2.35. The van der Waals surface area contributed by atoms with Crippen LogP contribution in [0.25, 0.3) is 0 Å². The van der Waals surface area contributed by atoms with E-state index in [-0.39, 0.29) is 28.0 Å². The Labute approximate surface area is 167 Å². The molecule has 9 nitrogen and oxygen atoms in total. The fourth-order valence-electron chi connectivity index (χ4n) is 2.95. The second-order valence-corrected chi connectivity index (χ2v) is 9.15. The van der Waals surface area contributed by atoms with E-state index < -0.39 is 21.9 Å². The molecule has 1 aliphatic heterocycles. The predicted octanol–water partition coefficient (Wildman–Crippen LogP) is 2.09. The average molecular weight is 427 g/mol. The number of hydrogen-bond donors (Lipinski definition) is 1. The first-order valence-electron chi connectivity index (χ1n) is 8.93. The van der Waals surface area contributed by atoms with Gasteiger partial charge in [-0.05, 0) is 25.8 Å². The van der Waals surface area contributed by atoms with Crippen molar-refractivity contribution in [1.82, 2.24) is 13.9 Å². The molecule has 0 aromatic carbocycles. The maximum Gasteiger partial charge on any atom is 0.357 e. The minimum atomic E-state index is -3.63. The molecule has 0 atom stereocenters. The van der Waals surface area contributed by atoms with Crippen LogP contribution in [0.3, 0.4) is 0 Å². The van der Waals surface area contributed by atoms with E-state index in [2.05, 4.69) is 10.3 Å². The van der Waals surface area contributed by atoms with Gasteiger partial charge in [0.05, 0.1) is 6.61 Å². The number of carbonyl (C=O) groups excluding carboxylic acids is 2. The number of hydrogen-bond acceptors (Lipinski definition) is 7. The van der Waals surface area contributed by atoms with Gasteiger partial charge >= 0.3 is 5.97 Å². The molecule has 0 bridgehead atoms. The summed E-state index contributed by atoms with van der Waals surface area (Å²) >= 11 is 1.09. The van der Waals surface area contributed by atoms with Gasteiger partial charge in [0.2, 0.25) is 10.0 Å². The van der Waals surface area contributed by atoms with E-state index in [0.29, 0.717) is 13.1 Å². The number of nitrogens with zero attached hydrogens (tertiary/aromatic N) is 3. The number of ether oxygens (including phenoxy) is 1. The van der Waals surface area contributed by atoms with Gasteiger partial charge in [0.15, 0.2) is 10.8 Å². The van der Waals surface area contributed by atoms with Crippen LogP contribution in [0.4, 0.5) is 5.13 Å². The molecule has 0 spiro atoms. The molecule has 3 heterocycles. The lowest BCUT2D eigenvalue weighted by molar-refractivity contribution is 0.0520. The lowest BCUT2D eigenvalue weighted by Gasteiger charge is -2.25. The number of anilines is 1. The Morgan fingerprint density at radius 3 is 2.68 bits per heavy atom. The molecule has 2 aromatic heterocycles. The molecule has 0 radical (unpaired) electrons. The number of sulfonamides is 1. The summed E-state index contributed by atoms with van der Waals surface area (Å²) in [5, 5.41) is 4.31. The Morgan fingerprint density at radius 1 is 1.29 bits per heavy atom. The number of nitrogens with one attached hydrogen (secondary N) is 1. The molecule has 1 amide bonds. The summed E-state index contributed by atoms with van der Waals surface area (Å²) in [4.78, 5) is 28.4. The van der Waals surface area contributed by atoms with Gasteiger partial charge < -0.3 is 9.30 Å². The van der Waals surface area contributed by atoms with Crippen molar-refractivity contribution in [2.45, 2.75) is 31.1 Å². The molecular formula is C17H22N4O5S2. The first kappa shape index (κ1) is 20.5. The highest BCUT2D eigenvalue weighted by atomic mass is 32.2. The van der Waals surface area contributed by atoms with E-state index in [9.17, 15) is 18.0 Å². The highest BCUT2D eigenvalue weighted by molar-refractivity contribution is 7.89. The maximum atomic E-state index is 12.8. The van der Waals surface area contributed by atoms with Crippen LogP contribution >= 0.6 is 11.3 Å². The predicted molar refractivity (Wildman–Crippen MR) is 104 cm³/mol. The van der Waals surface area contributed by atoms with Crippen LogP contribution in [0.15, 0.2) is 22.5 Å². The summed E-state index contributed by atoms with van der Waals surface area (Å²) in [5.41, 5.74) is 0.297. The van der Waals surface area contributed by atoms with Crippen molar-refractivity contribution < 1.29 is 22.7 Å². The van der Waals surface area contributed by atoms with E-state index in [4.69, 9.17) is 4.74 Å². The van der Waals surface area contributed by atoms with Gasteiger partial charge in [-0.2, -0.15) is 4.31 Å².